The monoisotopic (exact) mass is 424 g/mol. The summed E-state index contributed by atoms with van der Waals surface area (Å²) >= 11 is 1.18. The summed E-state index contributed by atoms with van der Waals surface area (Å²) in [5.74, 6) is 0.245. The van der Waals surface area contributed by atoms with E-state index >= 15 is 0 Å². The fourth-order valence-corrected chi connectivity index (χ4v) is 5.48. The summed E-state index contributed by atoms with van der Waals surface area (Å²) in [6, 6.07) is 11.9. The maximum atomic E-state index is 12.9. The number of amides is 1. The van der Waals surface area contributed by atoms with Crippen molar-refractivity contribution in [3.8, 4) is 5.75 Å². The molecule has 2 aromatic carbocycles. The van der Waals surface area contributed by atoms with Crippen molar-refractivity contribution in [2.75, 3.05) is 12.4 Å². The van der Waals surface area contributed by atoms with Crippen LogP contribution in [0.3, 0.4) is 0 Å². The van der Waals surface area contributed by atoms with Crippen LogP contribution in [0.5, 0.6) is 5.75 Å². The molecule has 0 aromatic heterocycles. The Bertz CT molecular complexity index is 844. The van der Waals surface area contributed by atoms with Crippen LogP contribution in [0.2, 0.25) is 0 Å². The molecule has 1 amide bonds. The van der Waals surface area contributed by atoms with Crippen molar-refractivity contribution >= 4 is 30.3 Å². The SMILES string of the molecule is CCCSP(=O)(OCC)Oc1ccc(C=NNC(=O)c2ccc(F)cc2)cc1. The van der Waals surface area contributed by atoms with Gasteiger partial charge in [-0.05, 0) is 78.8 Å². The van der Waals surface area contributed by atoms with Gasteiger partial charge in [0, 0.05) is 11.3 Å². The summed E-state index contributed by atoms with van der Waals surface area (Å²) in [6.45, 7) is 0.811. The first kappa shape index (κ1) is 22.1. The summed E-state index contributed by atoms with van der Waals surface area (Å²) in [5, 5.41) is 3.87. The lowest BCUT2D eigenvalue weighted by atomic mass is 10.2. The quantitative estimate of drug-likeness (QED) is 0.320. The average molecular weight is 424 g/mol. The highest BCUT2D eigenvalue weighted by Crippen LogP contribution is 2.60. The number of carbonyl (C=O) groups excluding carboxylic acids is 1. The Morgan fingerprint density at radius 3 is 2.46 bits per heavy atom. The zero-order valence-corrected chi connectivity index (χ0v) is 17.3. The first-order chi connectivity index (χ1) is 13.5. The smallest absolute Gasteiger partial charge is 0.417 e. The van der Waals surface area contributed by atoms with Crippen LogP contribution in [0.4, 0.5) is 4.39 Å². The highest BCUT2D eigenvalue weighted by Gasteiger charge is 2.26. The molecule has 2 aromatic rings. The predicted molar refractivity (Wildman–Crippen MR) is 111 cm³/mol. The van der Waals surface area contributed by atoms with Crippen molar-refractivity contribution in [1.82, 2.24) is 5.43 Å². The maximum absolute atomic E-state index is 12.9. The summed E-state index contributed by atoms with van der Waals surface area (Å²) in [4.78, 5) is 11.9. The number of halogens is 1. The summed E-state index contributed by atoms with van der Waals surface area (Å²) in [6.07, 6.45) is 2.32. The molecule has 0 aliphatic rings. The van der Waals surface area contributed by atoms with Gasteiger partial charge in [-0.3, -0.25) is 9.32 Å². The van der Waals surface area contributed by atoms with Crippen molar-refractivity contribution in [2.24, 2.45) is 5.10 Å². The molecule has 0 bridgehead atoms. The minimum Gasteiger partial charge on any atom is -0.417 e. The molecule has 150 valence electrons. The fourth-order valence-electron chi connectivity index (χ4n) is 2.03. The second-order valence-electron chi connectivity index (χ2n) is 5.56. The Morgan fingerprint density at radius 2 is 1.86 bits per heavy atom. The third kappa shape index (κ3) is 7.11. The minimum atomic E-state index is -3.25. The van der Waals surface area contributed by atoms with E-state index < -0.39 is 18.5 Å². The van der Waals surface area contributed by atoms with E-state index in [1.807, 2.05) is 6.92 Å². The van der Waals surface area contributed by atoms with E-state index in [1.54, 1.807) is 31.2 Å². The molecule has 9 heteroatoms. The lowest BCUT2D eigenvalue weighted by molar-refractivity contribution is 0.0955. The molecule has 1 unspecified atom stereocenters. The third-order valence-electron chi connectivity index (χ3n) is 3.32. The van der Waals surface area contributed by atoms with E-state index in [9.17, 15) is 13.8 Å². The molecule has 0 aliphatic heterocycles. The lowest BCUT2D eigenvalue weighted by Crippen LogP contribution is -2.17. The number of hydrogen-bond acceptors (Lipinski definition) is 6. The number of nitrogens with one attached hydrogen (secondary N) is 1. The maximum Gasteiger partial charge on any atom is 0.440 e. The highest BCUT2D eigenvalue weighted by molar-refractivity contribution is 8.55. The van der Waals surface area contributed by atoms with E-state index in [1.165, 1.54) is 41.9 Å². The molecule has 2 rings (SSSR count). The molecule has 1 N–H and O–H groups in total. The molecular formula is C19H22FN2O4PS. The minimum absolute atomic E-state index is 0.298. The molecule has 6 nitrogen and oxygen atoms in total. The van der Waals surface area contributed by atoms with Crippen LogP contribution >= 0.6 is 18.2 Å². The molecule has 0 aliphatic carbocycles. The summed E-state index contributed by atoms with van der Waals surface area (Å²) < 4.78 is 36.4. The number of benzene rings is 2. The van der Waals surface area contributed by atoms with E-state index in [2.05, 4.69) is 10.5 Å². The van der Waals surface area contributed by atoms with Crippen molar-refractivity contribution in [1.29, 1.82) is 0 Å². The first-order valence-corrected chi connectivity index (χ1v) is 11.9. The van der Waals surface area contributed by atoms with Gasteiger partial charge in [0.05, 0.1) is 12.8 Å². The standard InChI is InChI=1S/C19H22FN2O4PS/c1-3-13-28-27(24,25-4-2)26-18-11-5-15(6-12-18)14-21-22-19(23)16-7-9-17(20)10-8-16/h5-12,14H,3-4,13H2,1-2H3,(H,22,23). The van der Waals surface area contributed by atoms with Crippen molar-refractivity contribution in [3.05, 3.63) is 65.5 Å². The molecule has 28 heavy (non-hydrogen) atoms. The lowest BCUT2D eigenvalue weighted by Gasteiger charge is -2.17. The van der Waals surface area contributed by atoms with Crippen molar-refractivity contribution in [2.45, 2.75) is 20.3 Å². The number of nitrogens with zero attached hydrogens (tertiary/aromatic N) is 1. The Kier molecular flexibility index (Phi) is 8.70. The Labute approximate surface area is 167 Å². The van der Waals surface area contributed by atoms with Crippen LogP contribution in [0.15, 0.2) is 53.6 Å². The molecule has 0 spiro atoms. The third-order valence-corrected chi connectivity index (χ3v) is 7.28. The van der Waals surface area contributed by atoms with Crippen LogP contribution in [0, 0.1) is 5.82 Å². The van der Waals surface area contributed by atoms with E-state index in [0.717, 1.165) is 6.42 Å². The van der Waals surface area contributed by atoms with E-state index in [-0.39, 0.29) is 0 Å². The van der Waals surface area contributed by atoms with Gasteiger partial charge in [-0.25, -0.2) is 14.4 Å². The molecular weight excluding hydrogens is 402 g/mol. The fraction of sp³-hybridized carbons (Fsp3) is 0.263. The summed E-state index contributed by atoms with van der Waals surface area (Å²) in [5.41, 5.74) is 3.38. The Hall–Kier alpha value is -2.15. The second kappa shape index (κ2) is 11.0. The summed E-state index contributed by atoms with van der Waals surface area (Å²) in [7, 11) is 0. The van der Waals surface area contributed by atoms with Gasteiger partial charge in [-0.15, -0.1) is 0 Å². The van der Waals surface area contributed by atoms with Crippen LogP contribution in [0.1, 0.15) is 36.2 Å². The number of hydrogen-bond donors (Lipinski definition) is 1. The normalized spacial score (nSPS) is 13.2. The average Bonchev–Trinajstić information content (AvgIpc) is 2.68. The van der Waals surface area contributed by atoms with Crippen LogP contribution in [-0.4, -0.2) is 24.5 Å². The molecule has 0 saturated carbocycles. The van der Waals surface area contributed by atoms with Crippen molar-refractivity contribution < 1.29 is 22.8 Å². The van der Waals surface area contributed by atoms with Crippen molar-refractivity contribution in [3.63, 3.8) is 0 Å². The van der Waals surface area contributed by atoms with E-state index in [0.29, 0.717) is 29.2 Å². The van der Waals surface area contributed by atoms with Gasteiger partial charge in [0.25, 0.3) is 5.91 Å². The molecule has 0 saturated heterocycles. The molecule has 0 heterocycles. The van der Waals surface area contributed by atoms with Gasteiger partial charge in [0.2, 0.25) is 0 Å². The first-order valence-electron chi connectivity index (χ1n) is 8.73. The van der Waals surface area contributed by atoms with Gasteiger partial charge in [0.1, 0.15) is 11.6 Å². The van der Waals surface area contributed by atoms with Crippen LogP contribution < -0.4 is 9.95 Å². The Balaban J connectivity index is 1.94. The van der Waals surface area contributed by atoms with Gasteiger partial charge in [0.15, 0.2) is 0 Å². The van der Waals surface area contributed by atoms with Gasteiger partial charge < -0.3 is 4.52 Å². The predicted octanol–water partition coefficient (Wildman–Crippen LogP) is 5.26. The zero-order valence-electron chi connectivity index (χ0n) is 15.6. The molecule has 1 atom stereocenters. The molecule has 0 radical (unpaired) electrons. The highest BCUT2D eigenvalue weighted by atomic mass is 32.7. The van der Waals surface area contributed by atoms with Gasteiger partial charge in [-0.2, -0.15) is 5.10 Å². The van der Waals surface area contributed by atoms with Crippen LogP contribution in [0.25, 0.3) is 0 Å². The number of carbonyl (C=O) groups is 1. The van der Waals surface area contributed by atoms with Crippen LogP contribution in [-0.2, 0) is 9.09 Å². The second-order valence-corrected chi connectivity index (χ2v) is 9.68. The number of rotatable bonds is 10. The molecule has 0 fully saturated rings. The van der Waals surface area contributed by atoms with Gasteiger partial charge in [-0.1, -0.05) is 6.92 Å². The zero-order chi connectivity index (χ0) is 20.4. The largest absolute Gasteiger partial charge is 0.440 e. The van der Waals surface area contributed by atoms with Gasteiger partial charge >= 0.3 is 6.80 Å². The topological polar surface area (TPSA) is 77.0 Å². The van der Waals surface area contributed by atoms with E-state index in [4.69, 9.17) is 9.05 Å². The number of hydrazone groups is 1. The Morgan fingerprint density at radius 1 is 1.18 bits per heavy atom.